The highest BCUT2D eigenvalue weighted by Gasteiger charge is 2.25. The fourth-order valence-electron chi connectivity index (χ4n) is 3.46. The van der Waals surface area contributed by atoms with Gasteiger partial charge in [-0.3, -0.25) is 14.5 Å². The van der Waals surface area contributed by atoms with Crippen LogP contribution in [0.1, 0.15) is 18.9 Å². The average molecular weight is 418 g/mol. The van der Waals surface area contributed by atoms with E-state index in [9.17, 15) is 19.5 Å². The number of carboxylic acid groups (broad SMARTS) is 1. The average Bonchev–Trinajstić information content (AvgIpc) is 2.68. The Hall–Kier alpha value is -2.65. The summed E-state index contributed by atoms with van der Waals surface area (Å²) in [5, 5.41) is 14.7. The maximum Gasteiger partial charge on any atom is 0.326 e. The molecule has 30 heavy (non-hydrogen) atoms. The molecule has 0 bridgehead atoms. The van der Waals surface area contributed by atoms with Crippen LogP contribution in [-0.2, 0) is 25.5 Å². The van der Waals surface area contributed by atoms with Crippen molar-refractivity contribution in [1.29, 1.82) is 0 Å². The van der Waals surface area contributed by atoms with Gasteiger partial charge in [0, 0.05) is 38.3 Å². The van der Waals surface area contributed by atoms with Crippen LogP contribution in [0.15, 0.2) is 24.3 Å². The van der Waals surface area contributed by atoms with Gasteiger partial charge in [-0.15, -0.1) is 0 Å². The zero-order valence-corrected chi connectivity index (χ0v) is 17.3. The van der Waals surface area contributed by atoms with Crippen LogP contribution in [0, 0.1) is 0 Å². The number of morpholine rings is 1. The Kier molecular flexibility index (Phi) is 7.64. The van der Waals surface area contributed by atoms with E-state index >= 15 is 0 Å². The maximum atomic E-state index is 12.4. The number of aliphatic carboxylic acids is 1. The van der Waals surface area contributed by atoms with Gasteiger partial charge in [0.15, 0.2) is 0 Å². The lowest BCUT2D eigenvalue weighted by atomic mass is 10.0. The third-order valence-electron chi connectivity index (χ3n) is 5.45. The van der Waals surface area contributed by atoms with Crippen molar-refractivity contribution in [3.05, 3.63) is 29.8 Å². The van der Waals surface area contributed by atoms with Crippen molar-refractivity contribution in [2.75, 3.05) is 50.8 Å². The standard InChI is InChI=1S/C21H30N4O5/c1-15(22-19(26)14-24-9-11-30-12-10-24)20(27)23-18(21(28)29)13-16-3-5-17(6-4-16)25-7-2-8-25/h3-6,15,18H,2,7-14H2,1H3,(H,22,26)(H,23,27)(H,28,29)/t15-,18-/m0/s1. The van der Waals surface area contributed by atoms with E-state index in [1.807, 2.05) is 29.2 Å². The summed E-state index contributed by atoms with van der Waals surface area (Å²) >= 11 is 0. The lowest BCUT2D eigenvalue weighted by Crippen LogP contribution is -2.53. The van der Waals surface area contributed by atoms with Crippen LogP contribution in [0.3, 0.4) is 0 Å². The first-order chi connectivity index (χ1) is 14.4. The van der Waals surface area contributed by atoms with Gasteiger partial charge >= 0.3 is 5.97 Å². The minimum Gasteiger partial charge on any atom is -0.480 e. The molecular weight excluding hydrogens is 388 g/mol. The molecule has 2 saturated heterocycles. The van der Waals surface area contributed by atoms with Crippen LogP contribution < -0.4 is 15.5 Å². The van der Waals surface area contributed by atoms with Crippen LogP contribution >= 0.6 is 0 Å². The van der Waals surface area contributed by atoms with Gasteiger partial charge in [0.2, 0.25) is 11.8 Å². The SMILES string of the molecule is C[C@H](NC(=O)CN1CCOCC1)C(=O)N[C@@H](Cc1ccc(N2CCC2)cc1)C(=O)O. The highest BCUT2D eigenvalue weighted by molar-refractivity contribution is 5.90. The lowest BCUT2D eigenvalue weighted by molar-refractivity contribution is -0.142. The fourth-order valence-corrected chi connectivity index (χ4v) is 3.46. The lowest BCUT2D eigenvalue weighted by Gasteiger charge is -2.33. The van der Waals surface area contributed by atoms with Crippen molar-refractivity contribution < 1.29 is 24.2 Å². The van der Waals surface area contributed by atoms with Gasteiger partial charge in [0.25, 0.3) is 0 Å². The van der Waals surface area contributed by atoms with Gasteiger partial charge in [-0.25, -0.2) is 4.79 Å². The van der Waals surface area contributed by atoms with Gasteiger partial charge in [0.05, 0.1) is 19.8 Å². The van der Waals surface area contributed by atoms with E-state index in [4.69, 9.17) is 4.74 Å². The van der Waals surface area contributed by atoms with E-state index in [1.54, 1.807) is 6.92 Å². The molecule has 0 aromatic heterocycles. The predicted molar refractivity (Wildman–Crippen MR) is 111 cm³/mol. The smallest absolute Gasteiger partial charge is 0.326 e. The predicted octanol–water partition coefficient (Wildman–Crippen LogP) is -0.154. The number of rotatable bonds is 9. The highest BCUT2D eigenvalue weighted by Crippen LogP contribution is 2.21. The minimum atomic E-state index is -1.11. The van der Waals surface area contributed by atoms with Crippen molar-refractivity contribution in [1.82, 2.24) is 15.5 Å². The molecule has 2 aliphatic rings. The third kappa shape index (κ3) is 6.17. The summed E-state index contributed by atoms with van der Waals surface area (Å²) in [4.78, 5) is 40.4. The molecule has 164 valence electrons. The van der Waals surface area contributed by atoms with Crippen molar-refractivity contribution in [2.45, 2.75) is 31.8 Å². The number of carboxylic acids is 1. The Morgan fingerprint density at radius 2 is 1.73 bits per heavy atom. The number of hydrogen-bond donors (Lipinski definition) is 3. The van der Waals surface area contributed by atoms with Crippen LogP contribution in [0.5, 0.6) is 0 Å². The van der Waals surface area contributed by atoms with E-state index in [1.165, 1.54) is 6.42 Å². The largest absolute Gasteiger partial charge is 0.480 e. The number of nitrogens with one attached hydrogen (secondary N) is 2. The molecule has 2 aliphatic heterocycles. The molecule has 1 aromatic carbocycles. The molecule has 0 aliphatic carbocycles. The van der Waals surface area contributed by atoms with Gasteiger partial charge in [-0.1, -0.05) is 12.1 Å². The van der Waals surface area contributed by atoms with Crippen molar-refractivity contribution in [3.8, 4) is 0 Å². The highest BCUT2D eigenvalue weighted by atomic mass is 16.5. The molecule has 2 fully saturated rings. The maximum absolute atomic E-state index is 12.4. The molecule has 2 heterocycles. The molecule has 2 amide bonds. The molecule has 0 unspecified atom stereocenters. The number of benzene rings is 1. The second-order valence-corrected chi connectivity index (χ2v) is 7.79. The van der Waals surface area contributed by atoms with Crippen molar-refractivity contribution in [2.24, 2.45) is 0 Å². The number of ether oxygens (including phenoxy) is 1. The fraction of sp³-hybridized carbons (Fsp3) is 0.571. The second-order valence-electron chi connectivity index (χ2n) is 7.79. The molecule has 2 atom stereocenters. The normalized spacial score (nSPS) is 18.8. The molecular formula is C21H30N4O5. The van der Waals surface area contributed by atoms with Gasteiger partial charge in [-0.2, -0.15) is 0 Å². The Morgan fingerprint density at radius 1 is 1.07 bits per heavy atom. The molecule has 9 nitrogen and oxygen atoms in total. The third-order valence-corrected chi connectivity index (χ3v) is 5.45. The van der Waals surface area contributed by atoms with E-state index in [0.717, 1.165) is 24.3 Å². The summed E-state index contributed by atoms with van der Waals surface area (Å²) < 4.78 is 5.25. The monoisotopic (exact) mass is 418 g/mol. The summed E-state index contributed by atoms with van der Waals surface area (Å²) in [6.45, 7) is 6.34. The number of carbonyl (C=O) groups excluding carboxylic acids is 2. The van der Waals surface area contributed by atoms with Crippen molar-refractivity contribution >= 4 is 23.5 Å². The first kappa shape index (κ1) is 22.0. The first-order valence-corrected chi connectivity index (χ1v) is 10.4. The van der Waals surface area contributed by atoms with E-state index in [0.29, 0.717) is 26.3 Å². The number of hydrogen-bond acceptors (Lipinski definition) is 6. The molecule has 3 rings (SSSR count). The molecule has 3 N–H and O–H groups in total. The van der Waals surface area contributed by atoms with E-state index < -0.39 is 24.0 Å². The summed E-state index contributed by atoms with van der Waals surface area (Å²) in [6, 6.07) is 5.85. The second kappa shape index (κ2) is 10.4. The summed E-state index contributed by atoms with van der Waals surface area (Å²) in [6.07, 6.45) is 1.37. The van der Waals surface area contributed by atoms with Gasteiger partial charge < -0.3 is 25.4 Å². The Bertz CT molecular complexity index is 744. The quantitative estimate of drug-likeness (QED) is 0.511. The zero-order chi connectivity index (χ0) is 21.5. The van der Waals surface area contributed by atoms with Gasteiger partial charge in [0.1, 0.15) is 12.1 Å². The topological polar surface area (TPSA) is 111 Å². The van der Waals surface area contributed by atoms with Crippen LogP contribution in [0.25, 0.3) is 0 Å². The van der Waals surface area contributed by atoms with Crippen LogP contribution in [0.2, 0.25) is 0 Å². The molecule has 0 saturated carbocycles. The first-order valence-electron chi connectivity index (χ1n) is 10.4. The molecule has 9 heteroatoms. The van der Waals surface area contributed by atoms with E-state index in [-0.39, 0.29) is 18.9 Å². The van der Waals surface area contributed by atoms with Gasteiger partial charge in [-0.05, 0) is 31.0 Å². The molecule has 0 radical (unpaired) electrons. The number of amides is 2. The zero-order valence-electron chi connectivity index (χ0n) is 17.3. The number of anilines is 1. The minimum absolute atomic E-state index is 0.176. The summed E-state index contributed by atoms with van der Waals surface area (Å²) in [7, 11) is 0. The summed E-state index contributed by atoms with van der Waals surface area (Å²) in [5.41, 5.74) is 1.95. The molecule has 1 aromatic rings. The Balaban J connectivity index is 1.48. The molecule has 0 spiro atoms. The summed E-state index contributed by atoms with van der Waals surface area (Å²) in [5.74, 6) is -1.90. The number of nitrogens with zero attached hydrogens (tertiary/aromatic N) is 2. The van der Waals surface area contributed by atoms with E-state index in [2.05, 4.69) is 15.5 Å². The van der Waals surface area contributed by atoms with Crippen LogP contribution in [0.4, 0.5) is 5.69 Å². The van der Waals surface area contributed by atoms with Crippen LogP contribution in [-0.4, -0.2) is 85.8 Å². The number of carbonyl (C=O) groups is 3. The van der Waals surface area contributed by atoms with Crippen molar-refractivity contribution in [3.63, 3.8) is 0 Å². The Labute approximate surface area is 176 Å². The Morgan fingerprint density at radius 3 is 2.30 bits per heavy atom.